The maximum atomic E-state index is 13.3. The molecule has 0 saturated carbocycles. The minimum absolute atomic E-state index is 0.120. The number of aromatic nitrogens is 1. The van der Waals surface area contributed by atoms with Crippen LogP contribution in [0.25, 0.3) is 10.9 Å². The topological polar surface area (TPSA) is 85.4 Å². The Labute approximate surface area is 165 Å². The number of carbonyl (C=O) groups excluding carboxylic acids is 2. The molecule has 2 amide bonds. The number of hydrogen-bond donors (Lipinski definition) is 1. The van der Waals surface area contributed by atoms with Crippen molar-refractivity contribution in [3.63, 3.8) is 0 Å². The van der Waals surface area contributed by atoms with Gasteiger partial charge >= 0.3 is 0 Å². The van der Waals surface area contributed by atoms with Crippen molar-refractivity contribution in [1.29, 1.82) is 0 Å². The summed E-state index contributed by atoms with van der Waals surface area (Å²) < 4.78 is 2.03. The van der Waals surface area contributed by atoms with E-state index in [-0.39, 0.29) is 22.9 Å². The zero-order chi connectivity index (χ0) is 19.4. The molecule has 1 fully saturated rings. The lowest BCUT2D eigenvalue weighted by atomic mass is 10.1. The van der Waals surface area contributed by atoms with E-state index in [1.807, 2.05) is 22.8 Å². The van der Waals surface area contributed by atoms with Gasteiger partial charge in [-0.05, 0) is 43.0 Å². The second kappa shape index (κ2) is 6.31. The van der Waals surface area contributed by atoms with Gasteiger partial charge in [0.15, 0.2) is 0 Å². The predicted octanol–water partition coefficient (Wildman–Crippen LogP) is 2.70. The fraction of sp³-hybridized carbons (Fsp3) is 0.286. The number of pyridine rings is 1. The Bertz CT molecular complexity index is 1190. The third kappa shape index (κ3) is 2.50. The highest BCUT2D eigenvalue weighted by molar-refractivity contribution is 7.14. The second-order valence-electron chi connectivity index (χ2n) is 7.35. The number of likely N-dealkylation sites (tertiary alicyclic amines) is 1. The molecular weight excluding hydrogens is 374 g/mol. The van der Waals surface area contributed by atoms with E-state index in [0.717, 1.165) is 41.8 Å². The molecule has 3 aromatic rings. The maximum absolute atomic E-state index is 13.3. The quantitative estimate of drug-likeness (QED) is 0.742. The first-order valence-corrected chi connectivity index (χ1v) is 10.2. The van der Waals surface area contributed by atoms with Crippen LogP contribution in [0.1, 0.15) is 49.4 Å². The molecule has 6 nitrogen and oxygen atoms in total. The van der Waals surface area contributed by atoms with Gasteiger partial charge in [0.05, 0.1) is 16.4 Å². The zero-order valence-corrected chi connectivity index (χ0v) is 16.0. The van der Waals surface area contributed by atoms with Gasteiger partial charge in [0.2, 0.25) is 5.43 Å². The minimum Gasteiger partial charge on any atom is -0.365 e. The lowest BCUT2D eigenvalue weighted by Gasteiger charge is -2.24. The van der Waals surface area contributed by atoms with Gasteiger partial charge in [-0.3, -0.25) is 14.4 Å². The van der Waals surface area contributed by atoms with E-state index in [0.29, 0.717) is 16.8 Å². The van der Waals surface area contributed by atoms with Crippen molar-refractivity contribution in [2.75, 3.05) is 6.54 Å². The molecule has 142 valence electrons. The molecule has 1 saturated heterocycles. The number of amides is 2. The summed E-state index contributed by atoms with van der Waals surface area (Å²) in [7, 11) is 0. The van der Waals surface area contributed by atoms with E-state index in [2.05, 4.69) is 0 Å². The van der Waals surface area contributed by atoms with Crippen molar-refractivity contribution in [2.24, 2.45) is 5.73 Å². The van der Waals surface area contributed by atoms with Crippen LogP contribution in [-0.2, 0) is 13.0 Å². The fourth-order valence-corrected chi connectivity index (χ4v) is 5.44. The van der Waals surface area contributed by atoms with Crippen molar-refractivity contribution in [3.8, 4) is 0 Å². The van der Waals surface area contributed by atoms with E-state index in [4.69, 9.17) is 5.73 Å². The van der Waals surface area contributed by atoms with Gasteiger partial charge in [-0.25, -0.2) is 0 Å². The molecular formula is C21H19N3O3S. The Hall–Kier alpha value is -2.93. The van der Waals surface area contributed by atoms with Gasteiger partial charge in [0.25, 0.3) is 11.8 Å². The Kier molecular flexibility index (Phi) is 3.87. The number of para-hydroxylation sites is 1. The molecule has 2 N–H and O–H groups in total. The molecule has 0 unspecified atom stereocenters. The van der Waals surface area contributed by atoms with Gasteiger partial charge in [-0.2, -0.15) is 0 Å². The number of hydrogen-bond acceptors (Lipinski definition) is 4. The first kappa shape index (κ1) is 17.2. The average molecular weight is 393 g/mol. The second-order valence-corrected chi connectivity index (χ2v) is 8.47. The van der Waals surface area contributed by atoms with Crippen LogP contribution in [0, 0.1) is 0 Å². The van der Waals surface area contributed by atoms with Gasteiger partial charge in [0, 0.05) is 29.5 Å². The molecule has 4 heterocycles. The van der Waals surface area contributed by atoms with Crippen LogP contribution in [-0.4, -0.2) is 27.8 Å². The first-order valence-electron chi connectivity index (χ1n) is 9.40. The largest absolute Gasteiger partial charge is 0.365 e. The number of carbonyl (C=O) groups is 2. The maximum Gasteiger partial charge on any atom is 0.259 e. The SMILES string of the molecule is NC(=O)c1ccc([C@@H]2CCCN2C(=O)c2cn3c4c(cccc4c2=O)CC3)s1. The smallest absolute Gasteiger partial charge is 0.259 e. The molecule has 0 aliphatic carbocycles. The summed E-state index contributed by atoms with van der Waals surface area (Å²) in [4.78, 5) is 41.0. The Morgan fingerprint density at radius 3 is 2.79 bits per heavy atom. The number of primary amides is 1. The molecule has 0 bridgehead atoms. The van der Waals surface area contributed by atoms with Crippen LogP contribution in [0.15, 0.2) is 41.3 Å². The predicted molar refractivity (Wildman–Crippen MR) is 108 cm³/mol. The van der Waals surface area contributed by atoms with E-state index >= 15 is 0 Å². The van der Waals surface area contributed by atoms with Gasteiger partial charge in [-0.1, -0.05) is 12.1 Å². The summed E-state index contributed by atoms with van der Waals surface area (Å²) in [5.41, 5.74) is 7.50. The molecule has 2 aliphatic rings. The van der Waals surface area contributed by atoms with Crippen molar-refractivity contribution in [2.45, 2.75) is 31.8 Å². The van der Waals surface area contributed by atoms with Crippen molar-refractivity contribution >= 4 is 34.1 Å². The number of aryl methyl sites for hydroxylation is 2. The molecule has 1 aromatic carbocycles. The van der Waals surface area contributed by atoms with E-state index in [1.165, 1.54) is 11.3 Å². The monoisotopic (exact) mass is 393 g/mol. The van der Waals surface area contributed by atoms with Gasteiger partial charge in [0.1, 0.15) is 5.56 Å². The summed E-state index contributed by atoms with van der Waals surface area (Å²) in [6.45, 7) is 1.39. The van der Waals surface area contributed by atoms with Crippen molar-refractivity contribution < 1.29 is 9.59 Å². The average Bonchev–Trinajstić information content (AvgIpc) is 3.43. The standard InChI is InChI=1S/C21H19N3O3S/c22-20(26)17-7-6-16(28-17)15-5-2-9-24(15)21(27)14-11-23-10-8-12-3-1-4-13(18(12)23)19(14)25/h1,3-4,6-7,11,15H,2,5,8-10H2,(H2,22,26)/t15-/m0/s1. The van der Waals surface area contributed by atoms with E-state index < -0.39 is 5.91 Å². The number of benzene rings is 1. The molecule has 7 heteroatoms. The first-order chi connectivity index (χ1) is 13.5. The number of rotatable bonds is 3. The number of thiophene rings is 1. The summed E-state index contributed by atoms with van der Waals surface area (Å²) in [5, 5.41) is 0.615. The normalized spacial score (nSPS) is 18.1. The van der Waals surface area contributed by atoms with Crippen LogP contribution in [0.5, 0.6) is 0 Å². The lowest BCUT2D eigenvalue weighted by Crippen LogP contribution is -2.34. The third-order valence-corrected chi connectivity index (χ3v) is 6.95. The molecule has 0 radical (unpaired) electrons. The van der Waals surface area contributed by atoms with Gasteiger partial charge < -0.3 is 15.2 Å². The molecule has 1 atom stereocenters. The molecule has 28 heavy (non-hydrogen) atoms. The van der Waals surface area contributed by atoms with Crippen LogP contribution >= 0.6 is 11.3 Å². The van der Waals surface area contributed by atoms with Crippen molar-refractivity contribution in [3.05, 3.63) is 67.6 Å². The fourth-order valence-electron chi connectivity index (χ4n) is 4.43. The van der Waals surface area contributed by atoms with Crippen molar-refractivity contribution in [1.82, 2.24) is 9.47 Å². The third-order valence-electron chi connectivity index (χ3n) is 5.75. The summed E-state index contributed by atoms with van der Waals surface area (Å²) in [6, 6.07) is 9.18. The van der Waals surface area contributed by atoms with Crippen LogP contribution in [0.3, 0.4) is 0 Å². The van der Waals surface area contributed by atoms with Crippen LogP contribution in [0.4, 0.5) is 0 Å². The Morgan fingerprint density at radius 2 is 2.00 bits per heavy atom. The lowest BCUT2D eigenvalue weighted by molar-refractivity contribution is 0.0736. The number of nitrogens with two attached hydrogens (primary N) is 1. The molecule has 2 aliphatic heterocycles. The Balaban J connectivity index is 1.55. The highest BCUT2D eigenvalue weighted by Gasteiger charge is 2.33. The van der Waals surface area contributed by atoms with E-state index in [1.54, 1.807) is 23.2 Å². The number of nitrogens with zero attached hydrogens (tertiary/aromatic N) is 2. The summed E-state index contributed by atoms with van der Waals surface area (Å²) in [6.07, 6.45) is 4.29. The van der Waals surface area contributed by atoms with Crippen LogP contribution in [0.2, 0.25) is 0 Å². The van der Waals surface area contributed by atoms with E-state index in [9.17, 15) is 14.4 Å². The summed E-state index contributed by atoms with van der Waals surface area (Å²) >= 11 is 1.33. The molecule has 2 aromatic heterocycles. The molecule has 0 spiro atoms. The molecule has 5 rings (SSSR count). The van der Waals surface area contributed by atoms with Crippen LogP contribution < -0.4 is 11.2 Å². The highest BCUT2D eigenvalue weighted by atomic mass is 32.1. The highest BCUT2D eigenvalue weighted by Crippen LogP contribution is 2.37. The Morgan fingerprint density at radius 1 is 1.14 bits per heavy atom. The van der Waals surface area contributed by atoms with Gasteiger partial charge in [-0.15, -0.1) is 11.3 Å². The zero-order valence-electron chi connectivity index (χ0n) is 15.2. The summed E-state index contributed by atoms with van der Waals surface area (Å²) in [5.74, 6) is -0.691. The minimum atomic E-state index is -0.460.